The molecule has 1 aliphatic heterocycles. The lowest BCUT2D eigenvalue weighted by molar-refractivity contribution is -0.144. The van der Waals surface area contributed by atoms with E-state index < -0.39 is 18.6 Å². The fourth-order valence-corrected chi connectivity index (χ4v) is 1.73. The van der Waals surface area contributed by atoms with E-state index in [4.69, 9.17) is 9.84 Å². The summed E-state index contributed by atoms with van der Waals surface area (Å²) in [6, 6.07) is -0.527. The average Bonchev–Trinajstić information content (AvgIpc) is 2.14. The van der Waals surface area contributed by atoms with Crippen LogP contribution >= 0.6 is 0 Å². The summed E-state index contributed by atoms with van der Waals surface area (Å²) >= 11 is 0. The number of carbonyl (C=O) groups is 2. The molecule has 17 heavy (non-hydrogen) atoms. The molecule has 2 amide bonds. The van der Waals surface area contributed by atoms with E-state index >= 15 is 0 Å². The maximum atomic E-state index is 11.3. The zero-order valence-corrected chi connectivity index (χ0v) is 9.99. The van der Waals surface area contributed by atoms with Gasteiger partial charge in [-0.3, -0.25) is 4.84 Å². The van der Waals surface area contributed by atoms with Crippen molar-refractivity contribution in [3.05, 3.63) is 0 Å². The van der Waals surface area contributed by atoms with Crippen LogP contribution in [0.1, 0.15) is 26.7 Å². The molecule has 0 aromatic carbocycles. The standard InChI is InChI=1S/C10H18N2O5/c1-10(2)5-7(3-4-16-10)11-9(15)12-17-6-8(13)14/h7H,3-6H2,1-2H3,(H,13,14)(H2,11,12,15). The highest BCUT2D eigenvalue weighted by atomic mass is 16.7. The summed E-state index contributed by atoms with van der Waals surface area (Å²) in [5.74, 6) is -1.14. The highest BCUT2D eigenvalue weighted by molar-refractivity contribution is 5.73. The van der Waals surface area contributed by atoms with Crippen molar-refractivity contribution in [2.24, 2.45) is 0 Å². The molecule has 7 nitrogen and oxygen atoms in total. The Balaban J connectivity index is 2.24. The van der Waals surface area contributed by atoms with Gasteiger partial charge in [-0.1, -0.05) is 0 Å². The van der Waals surface area contributed by atoms with Gasteiger partial charge in [-0.05, 0) is 26.7 Å². The van der Waals surface area contributed by atoms with E-state index in [0.717, 1.165) is 6.42 Å². The number of carboxylic acid groups (broad SMARTS) is 1. The van der Waals surface area contributed by atoms with Crippen molar-refractivity contribution in [1.29, 1.82) is 0 Å². The van der Waals surface area contributed by atoms with Crippen LogP contribution in [0.15, 0.2) is 0 Å². The van der Waals surface area contributed by atoms with Crippen LogP contribution in [0.3, 0.4) is 0 Å². The van der Waals surface area contributed by atoms with Crippen molar-refractivity contribution < 1.29 is 24.3 Å². The normalized spacial score (nSPS) is 22.8. The molecule has 1 aliphatic rings. The first kappa shape index (κ1) is 13.7. The first-order valence-electron chi connectivity index (χ1n) is 5.43. The molecular formula is C10H18N2O5. The van der Waals surface area contributed by atoms with Gasteiger partial charge in [-0.2, -0.15) is 0 Å². The van der Waals surface area contributed by atoms with Gasteiger partial charge in [-0.25, -0.2) is 15.1 Å². The molecule has 7 heteroatoms. The van der Waals surface area contributed by atoms with Gasteiger partial charge in [0.2, 0.25) is 0 Å². The zero-order chi connectivity index (χ0) is 12.9. The first-order chi connectivity index (χ1) is 7.89. The molecule has 1 atom stereocenters. The van der Waals surface area contributed by atoms with Crippen molar-refractivity contribution in [3.63, 3.8) is 0 Å². The monoisotopic (exact) mass is 246 g/mol. The lowest BCUT2D eigenvalue weighted by atomic mass is 9.94. The first-order valence-corrected chi connectivity index (χ1v) is 5.43. The number of nitrogens with one attached hydrogen (secondary N) is 2. The Kier molecular flexibility index (Phi) is 4.71. The molecule has 0 aliphatic carbocycles. The number of urea groups is 1. The van der Waals surface area contributed by atoms with Gasteiger partial charge in [0.05, 0.1) is 5.60 Å². The molecule has 1 unspecified atom stereocenters. The fourth-order valence-electron chi connectivity index (χ4n) is 1.73. The number of hydrogen-bond acceptors (Lipinski definition) is 4. The lowest BCUT2D eigenvalue weighted by Crippen LogP contribution is -2.49. The van der Waals surface area contributed by atoms with Gasteiger partial charge in [0.1, 0.15) is 0 Å². The van der Waals surface area contributed by atoms with Crippen LogP contribution in [-0.4, -0.2) is 42.0 Å². The minimum atomic E-state index is -1.14. The second-order valence-corrected chi connectivity index (χ2v) is 4.56. The van der Waals surface area contributed by atoms with Gasteiger partial charge in [0.15, 0.2) is 6.61 Å². The Hall–Kier alpha value is -1.34. The maximum Gasteiger partial charge on any atom is 0.338 e. The number of hydrogen-bond donors (Lipinski definition) is 3. The molecule has 98 valence electrons. The molecular weight excluding hydrogens is 228 g/mol. The van der Waals surface area contributed by atoms with Crippen molar-refractivity contribution >= 4 is 12.0 Å². The number of amides is 2. The number of ether oxygens (including phenoxy) is 1. The van der Waals surface area contributed by atoms with E-state index in [1.165, 1.54) is 0 Å². The van der Waals surface area contributed by atoms with E-state index in [1.54, 1.807) is 0 Å². The van der Waals surface area contributed by atoms with Crippen molar-refractivity contribution in [2.75, 3.05) is 13.2 Å². The summed E-state index contributed by atoms with van der Waals surface area (Å²) in [6.07, 6.45) is 1.44. The van der Waals surface area contributed by atoms with Gasteiger partial charge >= 0.3 is 12.0 Å². The predicted octanol–water partition coefficient (Wildman–Crippen LogP) is 0.259. The van der Waals surface area contributed by atoms with Crippen LogP contribution < -0.4 is 10.8 Å². The number of hydroxylamine groups is 1. The molecule has 0 bridgehead atoms. The topological polar surface area (TPSA) is 96.9 Å². The Morgan fingerprint density at radius 3 is 2.82 bits per heavy atom. The number of aliphatic carboxylic acids is 1. The molecule has 0 aromatic heterocycles. The molecule has 0 spiro atoms. The van der Waals surface area contributed by atoms with E-state index in [-0.39, 0.29) is 11.6 Å². The third kappa shape index (κ3) is 5.50. The van der Waals surface area contributed by atoms with Gasteiger partial charge in [0, 0.05) is 12.6 Å². The molecule has 1 rings (SSSR count). The summed E-state index contributed by atoms with van der Waals surface area (Å²) in [7, 11) is 0. The Labute approximate surface area is 99.4 Å². The molecule has 0 saturated carbocycles. The smallest absolute Gasteiger partial charge is 0.338 e. The van der Waals surface area contributed by atoms with Gasteiger partial charge < -0.3 is 15.2 Å². The second-order valence-electron chi connectivity index (χ2n) is 4.56. The quantitative estimate of drug-likeness (QED) is 0.618. The lowest BCUT2D eigenvalue weighted by Gasteiger charge is -2.35. The van der Waals surface area contributed by atoms with Crippen LogP contribution in [-0.2, 0) is 14.4 Å². The maximum absolute atomic E-state index is 11.3. The summed E-state index contributed by atoms with van der Waals surface area (Å²) in [6.45, 7) is 3.94. The van der Waals surface area contributed by atoms with Gasteiger partial charge in [-0.15, -0.1) is 0 Å². The van der Waals surface area contributed by atoms with E-state index in [1.807, 2.05) is 19.3 Å². The largest absolute Gasteiger partial charge is 0.479 e. The molecule has 1 fully saturated rings. The number of rotatable bonds is 4. The average molecular weight is 246 g/mol. The van der Waals surface area contributed by atoms with Gasteiger partial charge in [0.25, 0.3) is 0 Å². The molecule has 3 N–H and O–H groups in total. The predicted molar refractivity (Wildman–Crippen MR) is 58.3 cm³/mol. The SMILES string of the molecule is CC1(C)CC(NC(=O)NOCC(=O)O)CCO1. The van der Waals surface area contributed by atoms with E-state index in [2.05, 4.69) is 10.2 Å². The van der Waals surface area contributed by atoms with Crippen molar-refractivity contribution in [1.82, 2.24) is 10.8 Å². The summed E-state index contributed by atoms with van der Waals surface area (Å²) < 4.78 is 5.51. The summed E-state index contributed by atoms with van der Waals surface area (Å²) in [4.78, 5) is 25.9. The van der Waals surface area contributed by atoms with Crippen molar-refractivity contribution in [3.8, 4) is 0 Å². The highest BCUT2D eigenvalue weighted by Crippen LogP contribution is 2.23. The number of carbonyl (C=O) groups excluding carboxylic acids is 1. The molecule has 0 aromatic rings. The second kappa shape index (κ2) is 5.83. The van der Waals surface area contributed by atoms with E-state index in [0.29, 0.717) is 13.0 Å². The summed E-state index contributed by atoms with van der Waals surface area (Å²) in [5.41, 5.74) is 1.77. The van der Waals surface area contributed by atoms with Crippen LogP contribution in [0, 0.1) is 0 Å². The third-order valence-electron chi connectivity index (χ3n) is 2.39. The summed E-state index contributed by atoms with van der Waals surface area (Å²) in [5, 5.41) is 11.0. The molecule has 1 saturated heterocycles. The Morgan fingerprint density at radius 2 is 2.24 bits per heavy atom. The third-order valence-corrected chi connectivity index (χ3v) is 2.39. The van der Waals surface area contributed by atoms with Crippen LogP contribution in [0.5, 0.6) is 0 Å². The fraction of sp³-hybridized carbons (Fsp3) is 0.800. The number of carboxylic acids is 1. The molecule has 0 radical (unpaired) electrons. The molecule has 1 heterocycles. The minimum Gasteiger partial charge on any atom is -0.479 e. The van der Waals surface area contributed by atoms with E-state index in [9.17, 15) is 9.59 Å². The minimum absolute atomic E-state index is 0.00665. The highest BCUT2D eigenvalue weighted by Gasteiger charge is 2.29. The Morgan fingerprint density at radius 1 is 1.53 bits per heavy atom. The van der Waals surface area contributed by atoms with Crippen LogP contribution in [0.2, 0.25) is 0 Å². The Bertz CT molecular complexity index is 292. The van der Waals surface area contributed by atoms with Crippen LogP contribution in [0.25, 0.3) is 0 Å². The van der Waals surface area contributed by atoms with Crippen LogP contribution in [0.4, 0.5) is 4.79 Å². The van der Waals surface area contributed by atoms with Crippen molar-refractivity contribution in [2.45, 2.75) is 38.3 Å². The zero-order valence-electron chi connectivity index (χ0n) is 9.99.